The lowest BCUT2D eigenvalue weighted by Gasteiger charge is -2.16. The minimum atomic E-state index is 0.699. The topological polar surface area (TPSA) is 64.0 Å². The Morgan fingerprint density at radius 1 is 1.30 bits per heavy atom. The maximum Gasteiger partial charge on any atom is 0.145 e. The molecule has 2 aromatic rings. The van der Waals surface area contributed by atoms with Gasteiger partial charge in [-0.15, -0.1) is 0 Å². The van der Waals surface area contributed by atoms with E-state index in [1.54, 1.807) is 18.1 Å². The lowest BCUT2D eigenvalue weighted by molar-refractivity contribution is 0.111. The van der Waals surface area contributed by atoms with Crippen LogP contribution < -0.4 is 10.8 Å². The van der Waals surface area contributed by atoms with Crippen molar-refractivity contribution in [2.24, 2.45) is 0 Å². The van der Waals surface area contributed by atoms with Gasteiger partial charge in [-0.3, -0.25) is 4.84 Å². The first kappa shape index (κ1) is 14.1. The van der Waals surface area contributed by atoms with Crippen molar-refractivity contribution in [2.75, 3.05) is 7.11 Å². The van der Waals surface area contributed by atoms with Gasteiger partial charge < -0.3 is 5.32 Å². The van der Waals surface area contributed by atoms with Gasteiger partial charge in [0.2, 0.25) is 0 Å². The maximum atomic E-state index is 5.04. The van der Waals surface area contributed by atoms with E-state index < -0.39 is 0 Å². The first-order valence-corrected chi connectivity index (χ1v) is 6.50. The molecule has 2 N–H and O–H groups in total. The number of benzene rings is 1. The number of hydroxylamine groups is 1. The third-order valence-corrected chi connectivity index (χ3v) is 2.84. The summed E-state index contributed by atoms with van der Waals surface area (Å²) in [5.41, 5.74) is 5.02. The third-order valence-electron chi connectivity index (χ3n) is 2.84. The molecular formula is C14H19N5O. The van der Waals surface area contributed by atoms with Gasteiger partial charge in [0, 0.05) is 6.54 Å². The molecule has 0 amide bonds. The number of nitrogens with one attached hydrogen (secondary N) is 2. The lowest BCUT2D eigenvalue weighted by Crippen LogP contribution is -2.28. The minimum absolute atomic E-state index is 0.699. The van der Waals surface area contributed by atoms with Crippen LogP contribution in [-0.2, 0) is 11.4 Å². The predicted octanol–water partition coefficient (Wildman–Crippen LogP) is 1.75. The van der Waals surface area contributed by atoms with Gasteiger partial charge in [-0.25, -0.2) is 15.1 Å². The SMILES string of the molecule is CC/C(=C(\NCc1ccccc1)NOC)n1cncn1. The van der Waals surface area contributed by atoms with Gasteiger partial charge >= 0.3 is 0 Å². The van der Waals surface area contributed by atoms with Gasteiger partial charge in [0.05, 0.1) is 12.8 Å². The Balaban J connectivity index is 2.16. The summed E-state index contributed by atoms with van der Waals surface area (Å²) < 4.78 is 1.72. The van der Waals surface area contributed by atoms with Crippen molar-refractivity contribution in [3.63, 3.8) is 0 Å². The molecule has 0 bridgehead atoms. The van der Waals surface area contributed by atoms with Crippen molar-refractivity contribution in [3.05, 3.63) is 54.4 Å². The molecule has 0 atom stereocenters. The fourth-order valence-corrected chi connectivity index (χ4v) is 1.89. The van der Waals surface area contributed by atoms with Crippen LogP contribution in [0.15, 0.2) is 48.8 Å². The second kappa shape index (κ2) is 7.30. The summed E-state index contributed by atoms with van der Waals surface area (Å²) in [7, 11) is 1.58. The molecule has 0 aliphatic heterocycles. The highest BCUT2D eigenvalue weighted by molar-refractivity contribution is 5.46. The Morgan fingerprint density at radius 2 is 2.10 bits per heavy atom. The molecule has 0 aliphatic carbocycles. The molecule has 0 spiro atoms. The molecule has 2 rings (SSSR count). The van der Waals surface area contributed by atoms with E-state index in [9.17, 15) is 0 Å². The molecule has 0 saturated carbocycles. The molecular weight excluding hydrogens is 254 g/mol. The fourth-order valence-electron chi connectivity index (χ4n) is 1.89. The van der Waals surface area contributed by atoms with Crippen LogP contribution in [0.2, 0.25) is 0 Å². The predicted molar refractivity (Wildman–Crippen MR) is 77.0 cm³/mol. The highest BCUT2D eigenvalue weighted by Crippen LogP contribution is 2.10. The molecule has 0 aliphatic rings. The second-order valence-corrected chi connectivity index (χ2v) is 4.16. The Labute approximate surface area is 118 Å². The van der Waals surface area contributed by atoms with E-state index in [0.29, 0.717) is 6.54 Å². The van der Waals surface area contributed by atoms with Crippen LogP contribution in [0, 0.1) is 0 Å². The maximum absolute atomic E-state index is 5.04. The standard InChI is InChI=1S/C14H19N5O/c1-3-13(19-11-15-10-17-19)14(18-20-2)16-9-12-7-5-4-6-8-12/h4-8,10-11,16,18H,3,9H2,1-2H3/b14-13-. The Hall–Kier alpha value is -2.34. The van der Waals surface area contributed by atoms with E-state index in [1.807, 2.05) is 18.2 Å². The summed E-state index contributed by atoms with van der Waals surface area (Å²) >= 11 is 0. The molecule has 0 unspecified atom stereocenters. The quantitative estimate of drug-likeness (QED) is 0.753. The summed E-state index contributed by atoms with van der Waals surface area (Å²) in [6.45, 7) is 2.75. The van der Waals surface area contributed by atoms with Crippen molar-refractivity contribution in [3.8, 4) is 0 Å². The fraction of sp³-hybridized carbons (Fsp3) is 0.286. The Morgan fingerprint density at radius 3 is 2.70 bits per heavy atom. The van der Waals surface area contributed by atoms with E-state index in [-0.39, 0.29) is 0 Å². The first-order chi connectivity index (χ1) is 9.85. The molecule has 20 heavy (non-hydrogen) atoms. The molecule has 1 aromatic carbocycles. The zero-order valence-corrected chi connectivity index (χ0v) is 11.7. The van der Waals surface area contributed by atoms with Crippen LogP contribution in [0.25, 0.3) is 5.70 Å². The molecule has 0 saturated heterocycles. The van der Waals surface area contributed by atoms with Crippen LogP contribution in [0.1, 0.15) is 18.9 Å². The van der Waals surface area contributed by atoms with Crippen molar-refractivity contribution in [2.45, 2.75) is 19.9 Å². The van der Waals surface area contributed by atoms with Gasteiger partial charge in [-0.1, -0.05) is 37.3 Å². The average molecular weight is 273 g/mol. The van der Waals surface area contributed by atoms with Crippen LogP contribution in [0.5, 0.6) is 0 Å². The number of allylic oxidation sites excluding steroid dienone is 1. The lowest BCUT2D eigenvalue weighted by atomic mass is 10.2. The van der Waals surface area contributed by atoms with E-state index >= 15 is 0 Å². The summed E-state index contributed by atoms with van der Waals surface area (Å²) in [6, 6.07) is 10.2. The summed E-state index contributed by atoms with van der Waals surface area (Å²) in [4.78, 5) is 9.01. The molecule has 1 heterocycles. The zero-order valence-electron chi connectivity index (χ0n) is 11.7. The normalized spacial score (nSPS) is 11.9. The minimum Gasteiger partial charge on any atom is -0.365 e. The van der Waals surface area contributed by atoms with Crippen molar-refractivity contribution in [1.29, 1.82) is 0 Å². The summed E-state index contributed by atoms with van der Waals surface area (Å²) in [5, 5.41) is 7.49. The number of nitrogens with zero attached hydrogens (tertiary/aromatic N) is 3. The van der Waals surface area contributed by atoms with E-state index in [4.69, 9.17) is 4.84 Å². The summed E-state index contributed by atoms with van der Waals surface area (Å²) in [6.07, 6.45) is 3.97. The first-order valence-electron chi connectivity index (χ1n) is 6.50. The molecule has 0 radical (unpaired) electrons. The number of aromatic nitrogens is 3. The van der Waals surface area contributed by atoms with Crippen LogP contribution in [-0.4, -0.2) is 21.9 Å². The van der Waals surface area contributed by atoms with Crippen LogP contribution in [0.3, 0.4) is 0 Å². The van der Waals surface area contributed by atoms with Crippen LogP contribution in [0.4, 0.5) is 0 Å². The van der Waals surface area contributed by atoms with Crippen molar-refractivity contribution >= 4 is 5.70 Å². The Bertz CT molecular complexity index is 536. The number of rotatable bonds is 7. The van der Waals surface area contributed by atoms with Crippen molar-refractivity contribution in [1.82, 2.24) is 25.6 Å². The smallest absolute Gasteiger partial charge is 0.145 e. The highest BCUT2D eigenvalue weighted by Gasteiger charge is 2.08. The molecule has 106 valence electrons. The number of hydrogen-bond donors (Lipinski definition) is 2. The largest absolute Gasteiger partial charge is 0.365 e. The average Bonchev–Trinajstić information content (AvgIpc) is 3.01. The zero-order chi connectivity index (χ0) is 14.2. The van der Waals surface area contributed by atoms with Gasteiger partial charge in [0.25, 0.3) is 0 Å². The van der Waals surface area contributed by atoms with Crippen LogP contribution >= 0.6 is 0 Å². The van der Waals surface area contributed by atoms with Crippen molar-refractivity contribution < 1.29 is 4.84 Å². The highest BCUT2D eigenvalue weighted by atomic mass is 16.6. The third kappa shape index (κ3) is 3.58. The Kier molecular flexibility index (Phi) is 5.14. The number of hydrogen-bond acceptors (Lipinski definition) is 5. The van der Waals surface area contributed by atoms with Gasteiger partial charge in [0.1, 0.15) is 18.5 Å². The van der Waals surface area contributed by atoms with Gasteiger partial charge in [-0.2, -0.15) is 5.10 Å². The summed E-state index contributed by atoms with van der Waals surface area (Å²) in [5.74, 6) is 0.782. The van der Waals surface area contributed by atoms with E-state index in [1.165, 1.54) is 11.9 Å². The molecule has 6 heteroatoms. The molecule has 1 aromatic heterocycles. The monoisotopic (exact) mass is 273 g/mol. The molecule has 6 nitrogen and oxygen atoms in total. The van der Waals surface area contributed by atoms with Gasteiger partial charge in [0.15, 0.2) is 0 Å². The second-order valence-electron chi connectivity index (χ2n) is 4.16. The van der Waals surface area contributed by atoms with E-state index in [2.05, 4.69) is 39.9 Å². The van der Waals surface area contributed by atoms with Gasteiger partial charge in [-0.05, 0) is 12.0 Å². The van der Waals surface area contributed by atoms with E-state index in [0.717, 1.165) is 17.9 Å². The molecule has 0 fully saturated rings.